The number of anilines is 5. The van der Waals surface area contributed by atoms with Crippen LogP contribution in [0.1, 0.15) is 17.5 Å². The summed E-state index contributed by atoms with van der Waals surface area (Å²) in [5.74, 6) is 0.0847. The lowest BCUT2D eigenvalue weighted by atomic mass is 9.81. The Labute approximate surface area is 343 Å². The molecule has 2 atom stereocenters. The molecule has 0 saturated carbocycles. The first-order valence-corrected chi connectivity index (χ1v) is 20.7. The van der Waals surface area contributed by atoms with Crippen molar-refractivity contribution in [2.24, 2.45) is 5.92 Å². The maximum Gasteiger partial charge on any atom is 0.135 e. The molecular formula is C56H40N2O. The minimum Gasteiger partial charge on any atom is -0.456 e. The largest absolute Gasteiger partial charge is 0.456 e. The molecular weight excluding hydrogens is 717 g/mol. The molecule has 0 spiro atoms. The highest BCUT2D eigenvalue weighted by molar-refractivity contribution is 6.14. The van der Waals surface area contributed by atoms with Crippen molar-refractivity contribution in [3.05, 3.63) is 216 Å². The van der Waals surface area contributed by atoms with E-state index in [4.69, 9.17) is 4.42 Å². The molecule has 2 unspecified atom stereocenters. The Hall–Kier alpha value is -7.36. The summed E-state index contributed by atoms with van der Waals surface area (Å²) in [5, 5.41) is 9.78. The molecule has 0 N–H and O–H groups in total. The van der Waals surface area contributed by atoms with Crippen molar-refractivity contribution in [1.29, 1.82) is 0 Å². The highest BCUT2D eigenvalue weighted by Gasteiger charge is 2.34. The molecule has 0 radical (unpaired) electrons. The summed E-state index contributed by atoms with van der Waals surface area (Å²) in [6, 6.07) is 59.6. The summed E-state index contributed by atoms with van der Waals surface area (Å²) in [6.07, 6.45) is 18.2. The number of rotatable bonds is 6. The second-order valence-electron chi connectivity index (χ2n) is 15.9. The van der Waals surface area contributed by atoms with Crippen LogP contribution in [0.25, 0.3) is 61.0 Å². The van der Waals surface area contributed by atoms with E-state index in [-0.39, 0.29) is 12.0 Å². The first kappa shape index (κ1) is 33.7. The molecule has 3 nitrogen and oxygen atoms in total. The van der Waals surface area contributed by atoms with Crippen LogP contribution < -0.4 is 20.4 Å². The molecule has 59 heavy (non-hydrogen) atoms. The lowest BCUT2D eigenvalue weighted by Gasteiger charge is -2.39. The van der Waals surface area contributed by atoms with E-state index in [1.807, 2.05) is 0 Å². The Balaban J connectivity index is 1.09. The average molecular weight is 757 g/mol. The molecule has 1 heterocycles. The third-order valence-electron chi connectivity index (χ3n) is 12.6. The number of benzene rings is 8. The van der Waals surface area contributed by atoms with Gasteiger partial charge in [0.15, 0.2) is 0 Å². The summed E-state index contributed by atoms with van der Waals surface area (Å²) in [7, 11) is 0. The van der Waals surface area contributed by atoms with Crippen molar-refractivity contribution in [3.63, 3.8) is 0 Å². The molecule has 0 bridgehead atoms. The molecule has 3 aliphatic carbocycles. The molecule has 8 aromatic carbocycles. The Morgan fingerprint density at radius 1 is 0.525 bits per heavy atom. The number of hydrogen-bond acceptors (Lipinski definition) is 3. The van der Waals surface area contributed by atoms with Gasteiger partial charge >= 0.3 is 0 Å². The highest BCUT2D eigenvalue weighted by Crippen LogP contribution is 2.45. The molecule has 0 amide bonds. The molecule has 0 saturated heterocycles. The van der Waals surface area contributed by atoms with Gasteiger partial charge in [-0.1, -0.05) is 146 Å². The van der Waals surface area contributed by atoms with Gasteiger partial charge in [0.05, 0.1) is 11.7 Å². The smallest absolute Gasteiger partial charge is 0.135 e. The van der Waals surface area contributed by atoms with E-state index >= 15 is 0 Å². The maximum absolute atomic E-state index is 6.96. The van der Waals surface area contributed by atoms with Crippen LogP contribution in [0, 0.1) is 5.92 Å². The van der Waals surface area contributed by atoms with Crippen molar-refractivity contribution >= 4 is 89.4 Å². The van der Waals surface area contributed by atoms with Crippen molar-refractivity contribution in [2.75, 3.05) is 9.80 Å². The third kappa shape index (κ3) is 5.42. The van der Waals surface area contributed by atoms with Crippen LogP contribution in [0.15, 0.2) is 199 Å². The van der Waals surface area contributed by atoms with E-state index < -0.39 is 0 Å². The van der Waals surface area contributed by atoms with Crippen molar-refractivity contribution in [1.82, 2.24) is 0 Å². The zero-order valence-corrected chi connectivity index (χ0v) is 32.5. The van der Waals surface area contributed by atoms with Crippen LogP contribution >= 0.6 is 0 Å². The lowest BCUT2D eigenvalue weighted by Crippen LogP contribution is -2.44. The fourth-order valence-electron chi connectivity index (χ4n) is 10.0. The van der Waals surface area contributed by atoms with E-state index in [2.05, 4.69) is 216 Å². The van der Waals surface area contributed by atoms with Gasteiger partial charge in [0.25, 0.3) is 0 Å². The van der Waals surface area contributed by atoms with E-state index in [1.165, 1.54) is 59.9 Å². The SMILES string of the molecule is C1=CC2=c3c(oc4ccc(N(c5ccccc5)c5cc6ccccc6c6ccccc56)cc34)=CC(N(c3ccccc3)c3cc4c(c5ccccc35)C=CCC4)C2C=C1. The van der Waals surface area contributed by atoms with Gasteiger partial charge in [-0.3, -0.25) is 0 Å². The minimum absolute atomic E-state index is 0.0356. The molecule has 280 valence electrons. The van der Waals surface area contributed by atoms with Crippen LogP contribution in [0.2, 0.25) is 0 Å². The Bertz CT molecular complexity index is 3350. The van der Waals surface area contributed by atoms with Gasteiger partial charge in [-0.05, 0) is 112 Å². The van der Waals surface area contributed by atoms with Crippen LogP contribution in [0.3, 0.4) is 0 Å². The van der Waals surface area contributed by atoms with Crippen molar-refractivity contribution < 1.29 is 4.42 Å². The molecule has 0 fully saturated rings. The predicted molar refractivity (Wildman–Crippen MR) is 248 cm³/mol. The Morgan fingerprint density at radius 2 is 1.22 bits per heavy atom. The van der Waals surface area contributed by atoms with Gasteiger partial charge in [-0.2, -0.15) is 0 Å². The summed E-state index contributed by atoms with van der Waals surface area (Å²) in [4.78, 5) is 4.98. The van der Waals surface area contributed by atoms with Gasteiger partial charge in [0.1, 0.15) is 11.0 Å². The standard InChI is InChI=1S/C56H40N2O/c1-3-19-39(20-4-1)57(51-33-37-17-7-9-23-42(37)44-25-11-13-27-46(44)51)41-31-32-54-50(35-41)56-49-30-16-15-29-48(49)53(36-55(56)59-54)58(40-21-5-2-6-22-40)52-34-38-18-8-10-24-43(38)45-26-12-14-28-47(45)52/h1-7,9-17,19-36,48,53H,8,18H2. The fraction of sp³-hybridized carbons (Fsp3) is 0.0714. The van der Waals surface area contributed by atoms with Gasteiger partial charge in [-0.25, -0.2) is 0 Å². The molecule has 9 aromatic rings. The number of fused-ring (bicyclic) bond motifs is 10. The Kier molecular flexibility index (Phi) is 7.80. The van der Waals surface area contributed by atoms with Crippen LogP contribution in [0.4, 0.5) is 28.4 Å². The summed E-state index contributed by atoms with van der Waals surface area (Å²) < 4.78 is 6.96. The fourth-order valence-corrected chi connectivity index (χ4v) is 10.0. The second kappa shape index (κ2) is 13.6. The van der Waals surface area contributed by atoms with E-state index in [9.17, 15) is 0 Å². The zero-order valence-electron chi connectivity index (χ0n) is 32.5. The number of furan rings is 1. The monoisotopic (exact) mass is 756 g/mol. The molecule has 3 aliphatic rings. The second-order valence-corrected chi connectivity index (χ2v) is 15.9. The van der Waals surface area contributed by atoms with E-state index in [1.54, 1.807) is 0 Å². The number of nitrogens with zero attached hydrogens (tertiary/aromatic N) is 2. The van der Waals surface area contributed by atoms with Gasteiger partial charge in [0.2, 0.25) is 0 Å². The highest BCUT2D eigenvalue weighted by atomic mass is 16.3. The molecule has 3 heteroatoms. The van der Waals surface area contributed by atoms with Crippen LogP contribution in [-0.2, 0) is 6.42 Å². The maximum atomic E-state index is 6.96. The van der Waals surface area contributed by atoms with Crippen LogP contribution in [-0.4, -0.2) is 6.04 Å². The summed E-state index contributed by atoms with van der Waals surface area (Å²) in [6.45, 7) is 0. The molecule has 12 rings (SSSR count). The number of allylic oxidation sites excluding steroid dienone is 4. The molecule has 1 aromatic heterocycles. The lowest BCUT2D eigenvalue weighted by molar-refractivity contribution is 0.560. The average Bonchev–Trinajstić information content (AvgIpc) is 3.68. The third-order valence-corrected chi connectivity index (χ3v) is 12.6. The first-order valence-electron chi connectivity index (χ1n) is 20.7. The number of hydrogen-bond donors (Lipinski definition) is 0. The predicted octanol–water partition coefficient (Wildman–Crippen LogP) is 13.2. The molecule has 0 aliphatic heterocycles. The van der Waals surface area contributed by atoms with Crippen molar-refractivity contribution in [3.8, 4) is 0 Å². The normalized spacial score (nSPS) is 16.6. The number of aryl methyl sites for hydroxylation is 1. The van der Waals surface area contributed by atoms with Gasteiger partial charge in [-0.15, -0.1) is 0 Å². The summed E-state index contributed by atoms with van der Waals surface area (Å²) in [5.41, 5.74) is 11.6. The minimum atomic E-state index is -0.0356. The van der Waals surface area contributed by atoms with E-state index in [0.29, 0.717) is 0 Å². The van der Waals surface area contributed by atoms with Gasteiger partial charge < -0.3 is 14.2 Å². The summed E-state index contributed by atoms with van der Waals surface area (Å²) >= 11 is 0. The quantitative estimate of drug-likeness (QED) is 0.158. The van der Waals surface area contributed by atoms with E-state index in [0.717, 1.165) is 52.0 Å². The Morgan fingerprint density at radius 3 is 2.03 bits per heavy atom. The zero-order chi connectivity index (χ0) is 38.9. The van der Waals surface area contributed by atoms with Crippen molar-refractivity contribution in [2.45, 2.75) is 18.9 Å². The van der Waals surface area contributed by atoms with Crippen LogP contribution in [0.5, 0.6) is 0 Å². The number of para-hydroxylation sites is 2. The topological polar surface area (TPSA) is 19.6 Å². The van der Waals surface area contributed by atoms with Gasteiger partial charge in [0, 0.05) is 50.0 Å². The first-order chi connectivity index (χ1) is 29.3.